The second kappa shape index (κ2) is 4.14. The summed E-state index contributed by atoms with van der Waals surface area (Å²) in [7, 11) is 0. The van der Waals surface area contributed by atoms with Gasteiger partial charge in [0.1, 0.15) is 0 Å². The standard InChI is InChI=1S/C12H12N2O/c13-6-11-7-14(9-15)8-12(11)10-4-2-1-3-5-10/h1-5,9,11-12H,7-8H2/t11-,12?/m0/s1. The van der Waals surface area contributed by atoms with Crippen molar-refractivity contribution in [2.24, 2.45) is 5.92 Å². The van der Waals surface area contributed by atoms with E-state index in [0.717, 1.165) is 12.0 Å². The molecule has 0 saturated carbocycles. The average molecular weight is 200 g/mol. The number of nitriles is 1. The number of carbonyl (C=O) groups excluding carboxylic acids is 1. The highest BCUT2D eigenvalue weighted by Crippen LogP contribution is 2.31. The van der Waals surface area contributed by atoms with Crippen molar-refractivity contribution >= 4 is 6.41 Å². The molecule has 1 amide bonds. The van der Waals surface area contributed by atoms with Crippen molar-refractivity contribution < 1.29 is 4.79 Å². The Balaban J connectivity index is 2.23. The minimum atomic E-state index is -0.0717. The van der Waals surface area contributed by atoms with E-state index in [0.29, 0.717) is 13.1 Å². The van der Waals surface area contributed by atoms with Gasteiger partial charge in [-0.15, -0.1) is 0 Å². The number of carbonyl (C=O) groups is 1. The minimum Gasteiger partial charge on any atom is -0.343 e. The van der Waals surface area contributed by atoms with Gasteiger partial charge in [-0.1, -0.05) is 30.3 Å². The van der Waals surface area contributed by atoms with Gasteiger partial charge in [0.05, 0.1) is 12.0 Å². The Morgan fingerprint density at radius 3 is 2.67 bits per heavy atom. The zero-order chi connectivity index (χ0) is 10.7. The summed E-state index contributed by atoms with van der Waals surface area (Å²) in [6.07, 6.45) is 0.827. The van der Waals surface area contributed by atoms with Crippen LogP contribution in [-0.2, 0) is 4.79 Å². The maximum atomic E-state index is 10.7. The molecule has 0 bridgehead atoms. The van der Waals surface area contributed by atoms with Crippen molar-refractivity contribution in [3.8, 4) is 6.07 Å². The molecule has 0 aromatic heterocycles. The first-order valence-electron chi connectivity index (χ1n) is 4.99. The summed E-state index contributed by atoms with van der Waals surface area (Å²) in [5.41, 5.74) is 1.15. The lowest BCUT2D eigenvalue weighted by atomic mass is 9.90. The van der Waals surface area contributed by atoms with Gasteiger partial charge >= 0.3 is 0 Å². The van der Waals surface area contributed by atoms with Crippen LogP contribution in [0.2, 0.25) is 0 Å². The number of likely N-dealkylation sites (tertiary alicyclic amines) is 1. The fourth-order valence-corrected chi connectivity index (χ4v) is 2.09. The van der Waals surface area contributed by atoms with Crippen LogP contribution in [0.1, 0.15) is 11.5 Å². The van der Waals surface area contributed by atoms with E-state index in [1.807, 2.05) is 30.3 Å². The molecular weight excluding hydrogens is 188 g/mol. The second-order valence-electron chi connectivity index (χ2n) is 3.81. The molecule has 1 aliphatic heterocycles. The van der Waals surface area contributed by atoms with Crippen LogP contribution in [0, 0.1) is 17.2 Å². The third-order valence-electron chi connectivity index (χ3n) is 2.89. The monoisotopic (exact) mass is 200 g/mol. The van der Waals surface area contributed by atoms with Crippen molar-refractivity contribution in [3.63, 3.8) is 0 Å². The topological polar surface area (TPSA) is 44.1 Å². The van der Waals surface area contributed by atoms with Crippen LogP contribution in [0.4, 0.5) is 0 Å². The molecular formula is C12H12N2O. The number of benzene rings is 1. The van der Waals surface area contributed by atoms with Gasteiger partial charge in [0.25, 0.3) is 0 Å². The Labute approximate surface area is 88.9 Å². The Hall–Kier alpha value is -1.82. The Morgan fingerprint density at radius 1 is 1.33 bits per heavy atom. The van der Waals surface area contributed by atoms with Gasteiger partial charge in [-0.2, -0.15) is 5.26 Å². The molecule has 1 aromatic rings. The van der Waals surface area contributed by atoms with Crippen LogP contribution in [-0.4, -0.2) is 24.4 Å². The zero-order valence-corrected chi connectivity index (χ0v) is 8.34. The Morgan fingerprint density at radius 2 is 2.07 bits per heavy atom. The highest BCUT2D eigenvalue weighted by Gasteiger charge is 2.32. The summed E-state index contributed by atoms with van der Waals surface area (Å²) >= 11 is 0. The van der Waals surface area contributed by atoms with Crippen LogP contribution in [0.15, 0.2) is 30.3 Å². The lowest BCUT2D eigenvalue weighted by Gasteiger charge is -2.12. The van der Waals surface area contributed by atoms with E-state index in [1.165, 1.54) is 0 Å². The summed E-state index contributed by atoms with van der Waals surface area (Å²) in [6.45, 7) is 1.21. The summed E-state index contributed by atoms with van der Waals surface area (Å²) in [5, 5.41) is 9.02. The van der Waals surface area contributed by atoms with Crippen molar-refractivity contribution in [2.75, 3.05) is 13.1 Å². The summed E-state index contributed by atoms with van der Waals surface area (Å²) in [4.78, 5) is 12.3. The summed E-state index contributed by atoms with van der Waals surface area (Å²) in [5.74, 6) is 0.0963. The largest absolute Gasteiger partial charge is 0.343 e. The molecule has 1 aliphatic rings. The van der Waals surface area contributed by atoms with Gasteiger partial charge in [0.15, 0.2) is 0 Å². The van der Waals surface area contributed by atoms with E-state index in [2.05, 4.69) is 6.07 Å². The highest BCUT2D eigenvalue weighted by atomic mass is 16.1. The van der Waals surface area contributed by atoms with Crippen LogP contribution in [0.3, 0.4) is 0 Å². The fraction of sp³-hybridized carbons (Fsp3) is 0.333. The quantitative estimate of drug-likeness (QED) is 0.677. The minimum absolute atomic E-state index is 0.0717. The van der Waals surface area contributed by atoms with Gasteiger partial charge in [-0.05, 0) is 5.56 Å². The van der Waals surface area contributed by atoms with E-state index in [1.54, 1.807) is 4.90 Å². The first-order chi connectivity index (χ1) is 7.35. The highest BCUT2D eigenvalue weighted by molar-refractivity contribution is 5.49. The molecule has 76 valence electrons. The van der Waals surface area contributed by atoms with E-state index in [4.69, 9.17) is 5.26 Å². The van der Waals surface area contributed by atoms with Gasteiger partial charge in [-0.3, -0.25) is 4.79 Å². The Bertz CT molecular complexity index is 382. The molecule has 15 heavy (non-hydrogen) atoms. The van der Waals surface area contributed by atoms with Gasteiger partial charge in [0.2, 0.25) is 6.41 Å². The maximum absolute atomic E-state index is 10.7. The van der Waals surface area contributed by atoms with Gasteiger partial charge in [0, 0.05) is 19.0 Å². The van der Waals surface area contributed by atoms with Crippen molar-refractivity contribution in [2.45, 2.75) is 5.92 Å². The van der Waals surface area contributed by atoms with E-state index >= 15 is 0 Å². The molecule has 1 heterocycles. The predicted molar refractivity (Wildman–Crippen MR) is 55.9 cm³/mol. The summed E-state index contributed by atoms with van der Waals surface area (Å²) < 4.78 is 0. The first kappa shape index (κ1) is 9.72. The third-order valence-corrected chi connectivity index (χ3v) is 2.89. The normalized spacial score (nSPS) is 24.9. The average Bonchev–Trinajstić information content (AvgIpc) is 2.73. The SMILES string of the molecule is N#C[C@H]1CN(C=O)CC1c1ccccc1. The molecule has 2 atom stereocenters. The molecule has 0 aliphatic carbocycles. The van der Waals surface area contributed by atoms with Crippen molar-refractivity contribution in [3.05, 3.63) is 35.9 Å². The van der Waals surface area contributed by atoms with Gasteiger partial charge < -0.3 is 4.90 Å². The molecule has 1 unspecified atom stereocenters. The number of rotatable bonds is 2. The molecule has 1 saturated heterocycles. The molecule has 1 aromatic carbocycles. The lowest BCUT2D eigenvalue weighted by molar-refractivity contribution is -0.117. The number of nitrogens with zero attached hydrogens (tertiary/aromatic N) is 2. The maximum Gasteiger partial charge on any atom is 0.209 e. The van der Waals surface area contributed by atoms with Gasteiger partial charge in [-0.25, -0.2) is 0 Å². The summed E-state index contributed by atoms with van der Waals surface area (Å²) in [6, 6.07) is 12.2. The third kappa shape index (κ3) is 1.84. The first-order valence-corrected chi connectivity index (χ1v) is 4.99. The molecule has 0 N–H and O–H groups in total. The van der Waals surface area contributed by atoms with Crippen LogP contribution in [0.5, 0.6) is 0 Å². The molecule has 2 rings (SSSR count). The van der Waals surface area contributed by atoms with Crippen LogP contribution < -0.4 is 0 Å². The van der Waals surface area contributed by atoms with E-state index in [-0.39, 0.29) is 11.8 Å². The second-order valence-corrected chi connectivity index (χ2v) is 3.81. The predicted octanol–water partition coefficient (Wildman–Crippen LogP) is 1.38. The smallest absolute Gasteiger partial charge is 0.209 e. The van der Waals surface area contributed by atoms with Crippen LogP contribution >= 0.6 is 0 Å². The number of hydrogen-bond acceptors (Lipinski definition) is 2. The van der Waals surface area contributed by atoms with E-state index in [9.17, 15) is 4.79 Å². The lowest BCUT2D eigenvalue weighted by Crippen LogP contribution is -2.17. The van der Waals surface area contributed by atoms with E-state index < -0.39 is 0 Å². The molecule has 1 fully saturated rings. The van der Waals surface area contributed by atoms with Crippen molar-refractivity contribution in [1.29, 1.82) is 5.26 Å². The molecule has 0 spiro atoms. The number of hydrogen-bond donors (Lipinski definition) is 0. The molecule has 0 radical (unpaired) electrons. The molecule has 3 nitrogen and oxygen atoms in total. The fourth-order valence-electron chi connectivity index (χ4n) is 2.09. The van der Waals surface area contributed by atoms with Crippen LogP contribution in [0.25, 0.3) is 0 Å². The molecule has 3 heteroatoms. The number of amides is 1. The zero-order valence-electron chi connectivity index (χ0n) is 8.34. The Kier molecular flexibility index (Phi) is 2.68. The van der Waals surface area contributed by atoms with Crippen molar-refractivity contribution in [1.82, 2.24) is 4.90 Å².